The molecule has 1 spiro atoms. The van der Waals surface area contributed by atoms with Gasteiger partial charge in [-0.15, -0.1) is 12.4 Å². The van der Waals surface area contributed by atoms with Crippen LogP contribution in [-0.2, 0) is 20.9 Å². The van der Waals surface area contributed by atoms with E-state index in [9.17, 15) is 9.59 Å². The number of hydrogen-bond donors (Lipinski definition) is 1. The third-order valence-corrected chi connectivity index (χ3v) is 9.07. The van der Waals surface area contributed by atoms with Crippen LogP contribution in [-0.4, -0.2) is 61.0 Å². The van der Waals surface area contributed by atoms with E-state index < -0.39 is 0 Å². The number of rotatable bonds is 8. The molecule has 6 nitrogen and oxygen atoms in total. The van der Waals surface area contributed by atoms with Gasteiger partial charge in [0.25, 0.3) is 0 Å². The van der Waals surface area contributed by atoms with Crippen LogP contribution in [0.5, 0.6) is 0 Å². The average Bonchev–Trinajstić information content (AvgIpc) is 3.23. The van der Waals surface area contributed by atoms with E-state index in [0.29, 0.717) is 25.7 Å². The molecule has 5 rings (SSSR count). The number of nitrogens with one attached hydrogen (secondary N) is 1. The lowest BCUT2D eigenvalue weighted by Crippen LogP contribution is -2.45. The van der Waals surface area contributed by atoms with Gasteiger partial charge < -0.3 is 19.9 Å². The number of carbonyl (C=O) groups excluding carboxylic acids is 2. The third kappa shape index (κ3) is 6.98. The lowest BCUT2D eigenvalue weighted by molar-refractivity contribution is -0.139. The fraction of sp³-hybridized carbons (Fsp3) is 0.533. The lowest BCUT2D eigenvalue weighted by Gasteiger charge is -2.38. The first-order valence-electron chi connectivity index (χ1n) is 13.7. The molecular weight excluding hydrogens is 566 g/mol. The van der Waals surface area contributed by atoms with Gasteiger partial charge in [-0.25, -0.2) is 0 Å². The van der Waals surface area contributed by atoms with Gasteiger partial charge in [-0.3, -0.25) is 9.59 Å². The Morgan fingerprint density at radius 3 is 2.34 bits per heavy atom. The van der Waals surface area contributed by atoms with Crippen LogP contribution in [0.1, 0.15) is 55.7 Å². The van der Waals surface area contributed by atoms with E-state index in [0.717, 1.165) is 74.7 Å². The van der Waals surface area contributed by atoms with Gasteiger partial charge >= 0.3 is 0 Å². The molecule has 38 heavy (non-hydrogen) atoms. The summed E-state index contributed by atoms with van der Waals surface area (Å²) in [6.45, 7) is 5.68. The molecule has 2 aromatic rings. The van der Waals surface area contributed by atoms with Crippen LogP contribution in [0.3, 0.4) is 0 Å². The SMILES string of the molecule is Cl.O=C(NC(CCN1CCC2(CC1)CCN(Cc1ccc(Br)cc1)C2=O)c1ccccc1)C1CCOCC1. The molecule has 1 atom stereocenters. The fourth-order valence-corrected chi connectivity index (χ4v) is 6.36. The van der Waals surface area contributed by atoms with E-state index >= 15 is 0 Å². The molecule has 3 aliphatic heterocycles. The molecule has 3 saturated heterocycles. The molecule has 2 amide bonds. The molecule has 0 aromatic heterocycles. The van der Waals surface area contributed by atoms with Crippen LogP contribution in [0.2, 0.25) is 0 Å². The van der Waals surface area contributed by atoms with Gasteiger partial charge in [-0.05, 0) is 74.9 Å². The van der Waals surface area contributed by atoms with Gasteiger partial charge in [0.15, 0.2) is 0 Å². The van der Waals surface area contributed by atoms with Crippen molar-refractivity contribution in [3.05, 3.63) is 70.2 Å². The number of carbonyl (C=O) groups is 2. The van der Waals surface area contributed by atoms with Crippen LogP contribution in [0.4, 0.5) is 0 Å². The molecule has 0 bridgehead atoms. The largest absolute Gasteiger partial charge is 0.381 e. The van der Waals surface area contributed by atoms with Crippen LogP contribution in [0.25, 0.3) is 0 Å². The maximum Gasteiger partial charge on any atom is 0.229 e. The Bertz CT molecular complexity index is 1050. The molecule has 3 fully saturated rings. The Hall–Kier alpha value is -1.93. The Morgan fingerprint density at radius 2 is 1.66 bits per heavy atom. The van der Waals surface area contributed by atoms with Gasteiger partial charge in [-0.1, -0.05) is 58.4 Å². The van der Waals surface area contributed by atoms with Crippen molar-refractivity contribution in [3.63, 3.8) is 0 Å². The normalized spacial score (nSPS) is 20.8. The molecule has 206 valence electrons. The highest BCUT2D eigenvalue weighted by Crippen LogP contribution is 2.42. The number of ether oxygens (including phenoxy) is 1. The molecule has 0 radical (unpaired) electrons. The second-order valence-electron chi connectivity index (χ2n) is 10.9. The first-order chi connectivity index (χ1) is 18.0. The number of likely N-dealkylation sites (tertiary alicyclic amines) is 2. The first-order valence-corrected chi connectivity index (χ1v) is 14.5. The monoisotopic (exact) mass is 603 g/mol. The average molecular weight is 605 g/mol. The minimum Gasteiger partial charge on any atom is -0.381 e. The zero-order valence-corrected chi connectivity index (χ0v) is 24.4. The molecule has 0 saturated carbocycles. The van der Waals surface area contributed by atoms with Crippen LogP contribution in [0, 0.1) is 11.3 Å². The van der Waals surface area contributed by atoms with Gasteiger partial charge in [0, 0.05) is 43.2 Å². The van der Waals surface area contributed by atoms with E-state index in [1.54, 1.807) is 0 Å². The molecule has 1 N–H and O–H groups in total. The number of hydrogen-bond acceptors (Lipinski definition) is 4. The molecule has 1 unspecified atom stereocenters. The Morgan fingerprint density at radius 1 is 1.00 bits per heavy atom. The minimum atomic E-state index is -0.192. The summed E-state index contributed by atoms with van der Waals surface area (Å²) in [5, 5.41) is 3.35. The summed E-state index contributed by atoms with van der Waals surface area (Å²) in [5.41, 5.74) is 2.15. The molecular formula is C30H39BrClN3O3. The smallest absolute Gasteiger partial charge is 0.229 e. The van der Waals surface area contributed by atoms with Gasteiger partial charge in [0.05, 0.1) is 11.5 Å². The van der Waals surface area contributed by atoms with Crippen molar-refractivity contribution in [2.24, 2.45) is 11.3 Å². The van der Waals surface area contributed by atoms with E-state index in [1.807, 2.05) is 30.3 Å². The topological polar surface area (TPSA) is 61.9 Å². The Balaban J connectivity index is 0.00000336. The second kappa shape index (κ2) is 13.4. The van der Waals surface area contributed by atoms with Crippen LogP contribution >= 0.6 is 28.3 Å². The van der Waals surface area contributed by atoms with Crippen molar-refractivity contribution >= 4 is 40.2 Å². The van der Waals surface area contributed by atoms with E-state index in [2.05, 4.69) is 55.3 Å². The maximum atomic E-state index is 13.4. The molecule has 3 aliphatic rings. The fourth-order valence-electron chi connectivity index (χ4n) is 6.09. The predicted molar refractivity (Wildman–Crippen MR) is 155 cm³/mol. The number of amides is 2. The van der Waals surface area contributed by atoms with Gasteiger partial charge in [-0.2, -0.15) is 0 Å². The highest BCUT2D eigenvalue weighted by atomic mass is 79.9. The quantitative estimate of drug-likeness (QED) is 0.441. The Labute approximate surface area is 241 Å². The van der Waals surface area contributed by atoms with E-state index in [4.69, 9.17) is 4.74 Å². The summed E-state index contributed by atoms with van der Waals surface area (Å²) in [7, 11) is 0. The van der Waals surface area contributed by atoms with Crippen molar-refractivity contribution in [2.75, 3.05) is 39.4 Å². The predicted octanol–water partition coefficient (Wildman–Crippen LogP) is 5.36. The zero-order chi connectivity index (χ0) is 25.7. The zero-order valence-electron chi connectivity index (χ0n) is 21.9. The van der Waals surface area contributed by atoms with Crippen LogP contribution < -0.4 is 5.32 Å². The lowest BCUT2D eigenvalue weighted by atomic mass is 9.77. The van der Waals surface area contributed by atoms with Crippen molar-refractivity contribution < 1.29 is 14.3 Å². The van der Waals surface area contributed by atoms with Crippen molar-refractivity contribution in [3.8, 4) is 0 Å². The van der Waals surface area contributed by atoms with Crippen molar-refractivity contribution in [1.82, 2.24) is 15.1 Å². The third-order valence-electron chi connectivity index (χ3n) is 8.55. The summed E-state index contributed by atoms with van der Waals surface area (Å²) in [5.74, 6) is 0.529. The summed E-state index contributed by atoms with van der Waals surface area (Å²) < 4.78 is 6.50. The molecule has 3 heterocycles. The highest BCUT2D eigenvalue weighted by molar-refractivity contribution is 9.10. The van der Waals surface area contributed by atoms with Crippen LogP contribution in [0.15, 0.2) is 59.1 Å². The number of piperidine rings is 1. The summed E-state index contributed by atoms with van der Waals surface area (Å²) >= 11 is 3.49. The standard InChI is InChI=1S/C30H38BrN3O3.ClH/c31-26-8-6-23(7-9-26)22-34-19-15-30(29(34)36)13-17-33(18-14-30)16-10-27(24-4-2-1-3-5-24)32-28(35)25-11-20-37-21-12-25;/h1-9,25,27H,10-22H2,(H,32,35);1H. The van der Waals surface area contributed by atoms with Crippen molar-refractivity contribution in [1.29, 1.82) is 0 Å². The van der Waals surface area contributed by atoms with E-state index in [-0.39, 0.29) is 35.7 Å². The highest BCUT2D eigenvalue weighted by Gasteiger charge is 2.47. The van der Waals surface area contributed by atoms with Crippen molar-refractivity contribution in [2.45, 2.75) is 51.1 Å². The Kier molecular flexibility index (Phi) is 10.3. The van der Waals surface area contributed by atoms with Gasteiger partial charge in [0.2, 0.25) is 11.8 Å². The summed E-state index contributed by atoms with van der Waals surface area (Å²) in [6.07, 6.45) is 5.28. The summed E-state index contributed by atoms with van der Waals surface area (Å²) in [6, 6.07) is 18.6. The van der Waals surface area contributed by atoms with E-state index in [1.165, 1.54) is 5.56 Å². The first kappa shape index (κ1) is 29.1. The van der Waals surface area contributed by atoms with Gasteiger partial charge in [0.1, 0.15) is 0 Å². The summed E-state index contributed by atoms with van der Waals surface area (Å²) in [4.78, 5) is 30.9. The number of benzene rings is 2. The molecule has 2 aromatic carbocycles. The minimum absolute atomic E-state index is 0. The number of nitrogens with zero attached hydrogens (tertiary/aromatic N) is 2. The molecule has 8 heteroatoms. The maximum absolute atomic E-state index is 13.4. The number of halogens is 2. The molecule has 0 aliphatic carbocycles. The second-order valence-corrected chi connectivity index (χ2v) is 11.8.